The zero-order valence-corrected chi connectivity index (χ0v) is 32.0. The predicted molar refractivity (Wildman–Crippen MR) is 201 cm³/mol. The summed E-state index contributed by atoms with van der Waals surface area (Å²) < 4.78 is 21.7. The highest BCUT2D eigenvalue weighted by Crippen LogP contribution is 2.27. The van der Waals surface area contributed by atoms with Gasteiger partial charge < -0.3 is 18.9 Å². The minimum absolute atomic E-state index is 0.362. The van der Waals surface area contributed by atoms with E-state index in [1.165, 1.54) is 9.80 Å². The highest BCUT2D eigenvalue weighted by atomic mass is 16.6. The lowest BCUT2D eigenvalue weighted by Crippen LogP contribution is -2.50. The van der Waals surface area contributed by atoms with Crippen LogP contribution in [0.15, 0.2) is 60.7 Å². The number of fused-ring (bicyclic) bond motifs is 1. The number of hydrogen-bond donors (Lipinski definition) is 0. The van der Waals surface area contributed by atoms with Gasteiger partial charge in [0, 0.05) is 24.2 Å². The third kappa shape index (κ3) is 10.4. The van der Waals surface area contributed by atoms with E-state index >= 15 is 0 Å². The molecule has 0 N–H and O–H groups in total. The largest absolute Gasteiger partial charge is 0.456 e. The van der Waals surface area contributed by atoms with Crippen LogP contribution in [0.4, 0.5) is 9.59 Å². The molecule has 2 atom stereocenters. The standard InChI is InChI=1S/C42H50N2O10/c1-41(2,3)53-39(49)43-21-9-7-11-33(43)37(47)51-25-35(45)28-15-13-27(14-16-28)29-17-18-31-24-32(20-19-30(31)23-29)36(46)26-52-38(48)34-12-8-10-22-44(34)40(50)54-42(4,5)6/h13-20,23-24,33-34H,7-12,21-22,25-26H2,1-6H3. The number of Topliss-reactive ketones (excluding diaryl/α,β-unsaturated/α-hetero) is 2. The Morgan fingerprint density at radius 2 is 0.981 bits per heavy atom. The molecule has 3 aromatic carbocycles. The summed E-state index contributed by atoms with van der Waals surface area (Å²) in [5.74, 6) is -1.98. The van der Waals surface area contributed by atoms with Gasteiger partial charge in [0.2, 0.25) is 0 Å². The summed E-state index contributed by atoms with van der Waals surface area (Å²) in [5.41, 5.74) is 1.11. The number of benzene rings is 3. The molecule has 2 amide bonds. The quantitative estimate of drug-likeness (QED) is 0.122. The second kappa shape index (κ2) is 16.8. The molecule has 0 aliphatic carbocycles. The molecule has 2 saturated heterocycles. The number of ketones is 2. The number of ether oxygens (including phenoxy) is 4. The molecule has 2 heterocycles. The Morgan fingerprint density at radius 3 is 1.48 bits per heavy atom. The first kappa shape index (κ1) is 39.9. The third-order valence-electron chi connectivity index (χ3n) is 9.20. The molecule has 288 valence electrons. The van der Waals surface area contributed by atoms with Crippen molar-refractivity contribution in [3.05, 3.63) is 71.8 Å². The van der Waals surface area contributed by atoms with E-state index in [4.69, 9.17) is 18.9 Å². The van der Waals surface area contributed by atoms with Crippen LogP contribution in [0.1, 0.15) is 101 Å². The highest BCUT2D eigenvalue weighted by Gasteiger charge is 2.37. The van der Waals surface area contributed by atoms with E-state index < -0.39 is 60.6 Å². The molecule has 2 fully saturated rings. The summed E-state index contributed by atoms with van der Waals surface area (Å²) in [6.45, 7) is 10.5. The van der Waals surface area contributed by atoms with Gasteiger partial charge in [-0.15, -0.1) is 0 Å². The van der Waals surface area contributed by atoms with Crippen LogP contribution in [0.25, 0.3) is 21.9 Å². The first-order valence-electron chi connectivity index (χ1n) is 18.5. The van der Waals surface area contributed by atoms with Gasteiger partial charge in [-0.25, -0.2) is 19.2 Å². The first-order valence-corrected chi connectivity index (χ1v) is 18.5. The Balaban J connectivity index is 1.15. The van der Waals surface area contributed by atoms with E-state index in [0.29, 0.717) is 37.1 Å². The van der Waals surface area contributed by atoms with E-state index in [1.807, 2.05) is 36.4 Å². The number of likely N-dealkylation sites (tertiary alicyclic amines) is 2. The van der Waals surface area contributed by atoms with Gasteiger partial charge >= 0.3 is 24.1 Å². The number of esters is 2. The van der Waals surface area contributed by atoms with E-state index in [-0.39, 0.29) is 11.6 Å². The third-order valence-corrected chi connectivity index (χ3v) is 9.20. The fourth-order valence-electron chi connectivity index (χ4n) is 6.51. The number of carbonyl (C=O) groups excluding carboxylic acids is 6. The Labute approximate surface area is 316 Å². The fraction of sp³-hybridized carbons (Fsp3) is 0.476. The zero-order valence-electron chi connectivity index (χ0n) is 32.0. The molecule has 5 rings (SSSR count). The monoisotopic (exact) mass is 742 g/mol. The van der Waals surface area contributed by atoms with Crippen molar-refractivity contribution in [3.8, 4) is 11.1 Å². The van der Waals surface area contributed by atoms with Gasteiger partial charge in [-0.05, 0) is 114 Å². The highest BCUT2D eigenvalue weighted by molar-refractivity contribution is 6.02. The van der Waals surface area contributed by atoms with E-state index in [1.54, 1.807) is 65.8 Å². The van der Waals surface area contributed by atoms with Crippen molar-refractivity contribution in [2.24, 2.45) is 0 Å². The van der Waals surface area contributed by atoms with Crippen LogP contribution in [0, 0.1) is 0 Å². The Kier molecular flexibility index (Phi) is 12.4. The fourth-order valence-corrected chi connectivity index (χ4v) is 6.51. The summed E-state index contributed by atoms with van der Waals surface area (Å²) in [5, 5.41) is 1.70. The molecule has 2 aliphatic heterocycles. The number of hydrogen-bond acceptors (Lipinski definition) is 10. The van der Waals surface area contributed by atoms with Gasteiger partial charge in [0.15, 0.2) is 24.8 Å². The topological polar surface area (TPSA) is 146 Å². The molecule has 54 heavy (non-hydrogen) atoms. The van der Waals surface area contributed by atoms with Gasteiger partial charge in [0.1, 0.15) is 23.3 Å². The van der Waals surface area contributed by atoms with Gasteiger partial charge in [-0.2, -0.15) is 0 Å². The van der Waals surface area contributed by atoms with Crippen molar-refractivity contribution < 1.29 is 47.7 Å². The molecule has 12 nitrogen and oxygen atoms in total. The van der Waals surface area contributed by atoms with Gasteiger partial charge in [-0.1, -0.05) is 48.5 Å². The lowest BCUT2D eigenvalue weighted by molar-refractivity contribution is -0.150. The van der Waals surface area contributed by atoms with Crippen LogP contribution in [0.3, 0.4) is 0 Å². The summed E-state index contributed by atoms with van der Waals surface area (Å²) >= 11 is 0. The maximum atomic E-state index is 13.0. The van der Waals surface area contributed by atoms with Crippen LogP contribution in [0.2, 0.25) is 0 Å². The second-order valence-corrected chi connectivity index (χ2v) is 15.8. The van der Waals surface area contributed by atoms with E-state index in [2.05, 4.69) is 0 Å². The van der Waals surface area contributed by atoms with Gasteiger partial charge in [0.05, 0.1) is 0 Å². The second-order valence-electron chi connectivity index (χ2n) is 15.8. The van der Waals surface area contributed by atoms with Crippen LogP contribution in [-0.4, -0.2) is 95.1 Å². The molecule has 3 aromatic rings. The van der Waals surface area contributed by atoms with Crippen molar-refractivity contribution in [1.29, 1.82) is 0 Å². The van der Waals surface area contributed by atoms with Crippen LogP contribution < -0.4 is 0 Å². The zero-order chi connectivity index (χ0) is 39.2. The van der Waals surface area contributed by atoms with Crippen molar-refractivity contribution in [2.45, 2.75) is 103 Å². The molecule has 12 heteroatoms. The minimum Gasteiger partial charge on any atom is -0.456 e. The van der Waals surface area contributed by atoms with Crippen LogP contribution >= 0.6 is 0 Å². The normalized spacial score (nSPS) is 17.7. The molecule has 0 spiro atoms. The minimum atomic E-state index is -0.800. The molecular weight excluding hydrogens is 692 g/mol. The Hall–Kier alpha value is -5.26. The van der Waals surface area contributed by atoms with Crippen LogP contribution in [-0.2, 0) is 28.5 Å². The molecule has 0 aromatic heterocycles. The summed E-state index contributed by atoms with van der Waals surface area (Å²) in [4.78, 5) is 80.0. The summed E-state index contributed by atoms with van der Waals surface area (Å²) in [6.07, 6.45) is 2.77. The van der Waals surface area contributed by atoms with Crippen LogP contribution in [0.5, 0.6) is 0 Å². The number of carbonyl (C=O) groups is 6. The van der Waals surface area contributed by atoms with E-state index in [0.717, 1.165) is 47.6 Å². The summed E-state index contributed by atoms with van der Waals surface area (Å²) in [6, 6.07) is 16.4. The first-order chi connectivity index (χ1) is 25.5. The lowest BCUT2D eigenvalue weighted by atomic mass is 9.98. The van der Waals surface area contributed by atoms with E-state index in [9.17, 15) is 28.8 Å². The Bertz CT molecular complexity index is 1890. The van der Waals surface area contributed by atoms with Crippen molar-refractivity contribution >= 4 is 46.5 Å². The molecule has 2 unspecified atom stereocenters. The van der Waals surface area contributed by atoms with Crippen molar-refractivity contribution in [1.82, 2.24) is 9.80 Å². The number of amides is 2. The number of piperidine rings is 2. The predicted octanol–water partition coefficient (Wildman–Crippen LogP) is 7.54. The molecule has 2 aliphatic rings. The molecule has 0 radical (unpaired) electrons. The number of rotatable bonds is 9. The molecule has 0 bridgehead atoms. The maximum Gasteiger partial charge on any atom is 0.411 e. The van der Waals surface area contributed by atoms with Gasteiger partial charge in [-0.3, -0.25) is 19.4 Å². The maximum absolute atomic E-state index is 13.0. The molecular formula is C42H50N2O10. The van der Waals surface area contributed by atoms with Crippen molar-refractivity contribution in [2.75, 3.05) is 26.3 Å². The number of nitrogens with zero attached hydrogens (tertiary/aromatic N) is 2. The lowest BCUT2D eigenvalue weighted by Gasteiger charge is -2.35. The SMILES string of the molecule is CC(C)(C)OC(=O)N1CCCCC1C(=O)OCC(=O)c1ccc(-c2ccc3cc(C(=O)COC(=O)C4CCCCN4C(=O)OC(C)(C)C)ccc3c2)cc1. The smallest absolute Gasteiger partial charge is 0.411 e. The van der Waals surface area contributed by atoms with Crippen molar-refractivity contribution in [3.63, 3.8) is 0 Å². The summed E-state index contributed by atoms with van der Waals surface area (Å²) in [7, 11) is 0. The average molecular weight is 743 g/mol. The molecule has 0 saturated carbocycles. The Morgan fingerprint density at radius 1 is 0.556 bits per heavy atom. The van der Waals surface area contributed by atoms with Gasteiger partial charge in [0.25, 0.3) is 0 Å². The average Bonchev–Trinajstić information content (AvgIpc) is 3.14.